The van der Waals surface area contributed by atoms with Crippen LogP contribution >= 0.6 is 0 Å². The van der Waals surface area contributed by atoms with Gasteiger partial charge in [-0.2, -0.15) is 0 Å². The molecule has 0 radical (unpaired) electrons. The molecule has 392 valence electrons. The summed E-state index contributed by atoms with van der Waals surface area (Å²) in [5, 5.41) is 0. The van der Waals surface area contributed by atoms with Gasteiger partial charge in [-0.3, -0.25) is 0 Å². The van der Waals surface area contributed by atoms with Gasteiger partial charge in [-0.15, -0.1) is 0 Å². The van der Waals surface area contributed by atoms with Crippen LogP contribution in [0.3, 0.4) is 0 Å². The Morgan fingerprint density at radius 3 is 1.73 bits per heavy atom. The minimum atomic E-state index is -0.554. The second-order valence-electron chi connectivity index (χ2n) is 29.3. The van der Waals surface area contributed by atoms with Gasteiger partial charge in [0.2, 0.25) is 0 Å². The van der Waals surface area contributed by atoms with Crippen LogP contribution in [0.1, 0.15) is 200 Å². The number of fused-ring (bicyclic) bond motifs is 14. The van der Waals surface area contributed by atoms with E-state index in [4.69, 9.17) is 0 Å². The summed E-state index contributed by atoms with van der Waals surface area (Å²) >= 11 is 0. The zero-order valence-corrected chi connectivity index (χ0v) is 48.9. The van der Waals surface area contributed by atoms with E-state index in [1.165, 1.54) is 95.5 Å². The second-order valence-corrected chi connectivity index (χ2v) is 29.3. The lowest BCUT2D eigenvalue weighted by atomic mass is 9.33. The number of benzene rings is 7. The maximum Gasteiger partial charge on any atom is 0.252 e. The van der Waals surface area contributed by atoms with Gasteiger partial charge in [0.25, 0.3) is 6.71 Å². The topological polar surface area (TPSA) is 9.72 Å². The molecular formula is C73H82BN3. The van der Waals surface area contributed by atoms with E-state index < -0.39 is 11.0 Å². The van der Waals surface area contributed by atoms with Gasteiger partial charge in [0.1, 0.15) is 0 Å². The van der Waals surface area contributed by atoms with Gasteiger partial charge in [-0.05, 0) is 153 Å². The summed E-state index contributed by atoms with van der Waals surface area (Å²) in [5.41, 5.74) is 23.6. The zero-order valence-electron chi connectivity index (χ0n) is 52.9. The van der Waals surface area contributed by atoms with E-state index in [1.54, 1.807) is 0 Å². The van der Waals surface area contributed by atoms with Crippen LogP contribution in [-0.4, -0.2) is 17.8 Å². The molecule has 0 saturated heterocycles. The SMILES string of the molecule is [2H]c1c([2H])c([2H])c2c(c1[2H])N(c1cc3c4c(c1)N1c5c(cc(C(C)(C)C)cc5C5(C)CCCCC15C)B4c1ccc4c(c1N3c1ccc(C(C)(C)C)cc1-c1ccccc1)-c1cc(C(C)(C)C)ccc1C4(C)C)C1(C)CCCCC21C. The van der Waals surface area contributed by atoms with Crippen molar-refractivity contribution >= 4 is 62.9 Å². The summed E-state index contributed by atoms with van der Waals surface area (Å²) in [6.45, 7) is 35.8. The van der Waals surface area contributed by atoms with Crippen molar-refractivity contribution in [2.24, 2.45) is 0 Å². The average molecular weight is 1020 g/mol. The van der Waals surface area contributed by atoms with Crippen LogP contribution in [0.15, 0.2) is 127 Å². The first-order valence-electron chi connectivity index (χ1n) is 31.4. The van der Waals surface area contributed by atoms with Crippen molar-refractivity contribution in [1.82, 2.24) is 0 Å². The molecule has 0 spiro atoms. The summed E-state index contributed by atoms with van der Waals surface area (Å²) in [7, 11) is 0. The molecule has 0 N–H and O–H groups in total. The van der Waals surface area contributed by atoms with E-state index in [-0.39, 0.29) is 63.5 Å². The smallest absolute Gasteiger partial charge is 0.252 e. The van der Waals surface area contributed by atoms with Crippen LogP contribution in [0.2, 0.25) is 0 Å². The quantitative estimate of drug-likeness (QED) is 0.163. The first-order valence-corrected chi connectivity index (χ1v) is 29.4. The number of anilines is 7. The molecule has 7 aromatic rings. The van der Waals surface area contributed by atoms with E-state index in [0.29, 0.717) is 5.69 Å². The predicted molar refractivity (Wildman–Crippen MR) is 330 cm³/mol. The highest BCUT2D eigenvalue weighted by Crippen LogP contribution is 2.66. The number of para-hydroxylation sites is 1. The van der Waals surface area contributed by atoms with Gasteiger partial charge in [-0.1, -0.05) is 213 Å². The lowest BCUT2D eigenvalue weighted by molar-refractivity contribution is 0.194. The fourth-order valence-corrected chi connectivity index (χ4v) is 16.8. The molecule has 3 nitrogen and oxygen atoms in total. The molecule has 4 heteroatoms. The first kappa shape index (κ1) is 44.9. The van der Waals surface area contributed by atoms with E-state index in [9.17, 15) is 5.48 Å². The van der Waals surface area contributed by atoms with Crippen LogP contribution in [0.4, 0.5) is 39.8 Å². The third kappa shape index (κ3) is 6.34. The lowest BCUT2D eigenvalue weighted by Crippen LogP contribution is -2.65. The van der Waals surface area contributed by atoms with Crippen molar-refractivity contribution in [1.29, 1.82) is 0 Å². The highest BCUT2D eigenvalue weighted by molar-refractivity contribution is 7.00. The predicted octanol–water partition coefficient (Wildman–Crippen LogP) is 17.6. The minimum Gasteiger partial charge on any atom is -0.335 e. The van der Waals surface area contributed by atoms with E-state index in [0.717, 1.165) is 67.6 Å². The Labute approximate surface area is 468 Å². The Bertz CT molecular complexity index is 3910. The van der Waals surface area contributed by atoms with E-state index in [2.05, 4.69) is 222 Å². The van der Waals surface area contributed by atoms with Gasteiger partial charge in [0, 0.05) is 61.5 Å². The standard InChI is InChI=1S/C73H82BN3/c1-66(2,3)46-29-31-52-51(40-46)62-54(69(52,10)11)32-33-56-65(62)75(58-34-30-47(67(4,5)6)39-50(58)45-25-17-16-18-26-45)60-43-49(76-59-28-20-19-27-53(59)70(12)35-21-23-37-72(70,76)14)44-61-63(60)74(56)57-42-48(68(7,8)9)41-55-64(57)77(61)73(15)38-24-22-36-71(55,73)13/h16-20,25-34,39-44H,21-24,35-38H2,1-15H3/i19D,20D,27D,28D. The fraction of sp³-hybridized carbons (Fsp3) is 0.425. The minimum absolute atomic E-state index is 0.0556. The number of nitrogens with zero attached hydrogens (tertiary/aromatic N) is 3. The molecule has 14 rings (SSSR count). The van der Waals surface area contributed by atoms with Gasteiger partial charge < -0.3 is 14.7 Å². The lowest BCUT2D eigenvalue weighted by Gasteiger charge is -2.54. The van der Waals surface area contributed by atoms with Gasteiger partial charge >= 0.3 is 0 Å². The average Bonchev–Trinajstić information content (AvgIpc) is 1.88. The monoisotopic (exact) mass is 1020 g/mol. The maximum absolute atomic E-state index is 10.0. The highest BCUT2D eigenvalue weighted by atomic mass is 15.3. The molecule has 7 aliphatic rings. The second kappa shape index (κ2) is 15.6. The number of hydrogen-bond acceptors (Lipinski definition) is 3. The van der Waals surface area contributed by atoms with Crippen molar-refractivity contribution in [3.05, 3.63) is 166 Å². The molecule has 2 saturated carbocycles. The van der Waals surface area contributed by atoms with Crippen molar-refractivity contribution in [3.63, 3.8) is 0 Å². The van der Waals surface area contributed by atoms with Crippen LogP contribution in [0.5, 0.6) is 0 Å². The number of hydrogen-bond donors (Lipinski definition) is 0. The Morgan fingerprint density at radius 2 is 1.05 bits per heavy atom. The molecule has 4 heterocycles. The highest BCUT2D eigenvalue weighted by Gasteiger charge is 2.63. The van der Waals surface area contributed by atoms with Crippen molar-refractivity contribution in [2.45, 2.75) is 199 Å². The summed E-state index contributed by atoms with van der Waals surface area (Å²) in [6.07, 6.45) is 8.26. The Hall–Kier alpha value is -6.00. The van der Waals surface area contributed by atoms with Gasteiger partial charge in [0.05, 0.1) is 22.2 Å². The first-order chi connectivity index (χ1) is 38.0. The summed E-state index contributed by atoms with van der Waals surface area (Å²) < 4.78 is 38.4. The molecule has 0 aromatic heterocycles. The van der Waals surface area contributed by atoms with Crippen LogP contribution in [0.25, 0.3) is 22.3 Å². The van der Waals surface area contributed by atoms with Crippen LogP contribution < -0.4 is 31.1 Å². The Balaban J connectivity index is 1.20. The normalized spacial score (nSPS) is 25.9. The molecule has 7 aromatic carbocycles. The maximum atomic E-state index is 10.0. The summed E-state index contributed by atoms with van der Waals surface area (Å²) in [6, 6.07) is 40.9. The molecule has 2 fully saturated rings. The molecule has 0 amide bonds. The van der Waals surface area contributed by atoms with Crippen molar-refractivity contribution in [3.8, 4) is 22.3 Å². The zero-order chi connectivity index (χ0) is 57.4. The number of rotatable bonds is 3. The Morgan fingerprint density at radius 1 is 0.468 bits per heavy atom. The van der Waals surface area contributed by atoms with E-state index in [1.807, 2.05) is 0 Å². The third-order valence-electron chi connectivity index (χ3n) is 21.7. The molecule has 4 unspecified atom stereocenters. The van der Waals surface area contributed by atoms with Gasteiger partial charge in [0.15, 0.2) is 0 Å². The molecule has 3 aliphatic carbocycles. The van der Waals surface area contributed by atoms with Crippen LogP contribution in [0, 0.1) is 0 Å². The fourth-order valence-electron chi connectivity index (χ4n) is 16.8. The largest absolute Gasteiger partial charge is 0.335 e. The van der Waals surface area contributed by atoms with Crippen LogP contribution in [-0.2, 0) is 32.5 Å². The molecule has 4 aliphatic heterocycles. The summed E-state index contributed by atoms with van der Waals surface area (Å²) in [4.78, 5) is 8.03. The molecule has 4 atom stereocenters. The molecule has 77 heavy (non-hydrogen) atoms. The molecular weight excluding hydrogens is 930 g/mol. The Kier molecular flexibility index (Phi) is 9.12. The van der Waals surface area contributed by atoms with Crippen molar-refractivity contribution in [2.75, 3.05) is 14.7 Å². The third-order valence-corrected chi connectivity index (χ3v) is 21.7. The molecule has 0 bridgehead atoms. The van der Waals surface area contributed by atoms with E-state index >= 15 is 0 Å². The van der Waals surface area contributed by atoms with Crippen molar-refractivity contribution < 1.29 is 5.48 Å². The van der Waals surface area contributed by atoms with Gasteiger partial charge in [-0.25, -0.2) is 0 Å². The summed E-state index contributed by atoms with van der Waals surface area (Å²) in [5.74, 6) is 0.